The molecule has 0 aliphatic heterocycles. The molecule has 0 saturated heterocycles. The minimum atomic E-state index is 0.0322. The van der Waals surface area contributed by atoms with Gasteiger partial charge in [-0.3, -0.25) is 4.79 Å². The van der Waals surface area contributed by atoms with Crippen LogP contribution in [0.1, 0.15) is 32.8 Å². The molecule has 2 rings (SSSR count). The first kappa shape index (κ1) is 15.0. The van der Waals surface area contributed by atoms with Crippen molar-refractivity contribution in [2.45, 2.75) is 33.7 Å². The van der Waals surface area contributed by atoms with Crippen LogP contribution < -0.4 is 5.32 Å². The summed E-state index contributed by atoms with van der Waals surface area (Å²) in [4.78, 5) is 15.3. The van der Waals surface area contributed by atoms with E-state index in [4.69, 9.17) is 0 Å². The van der Waals surface area contributed by atoms with Gasteiger partial charge in [-0.25, -0.2) is 4.98 Å². The Kier molecular flexibility index (Phi) is 6.36. The summed E-state index contributed by atoms with van der Waals surface area (Å²) in [5.41, 5.74) is 1.98. The summed E-state index contributed by atoms with van der Waals surface area (Å²) >= 11 is 0. The van der Waals surface area contributed by atoms with Crippen LogP contribution in [0.2, 0.25) is 0 Å². The molecule has 1 aromatic heterocycles. The van der Waals surface area contributed by atoms with E-state index in [2.05, 4.69) is 10.3 Å². The second-order valence-electron chi connectivity index (χ2n) is 3.84. The SMILES string of the molecule is CC.CCC(=O)Nc1cccc(Cn2ccnc2)c1. The highest BCUT2D eigenvalue weighted by Gasteiger charge is 2.00. The summed E-state index contributed by atoms with van der Waals surface area (Å²) in [6.07, 6.45) is 5.93. The molecule has 4 nitrogen and oxygen atoms in total. The molecule has 0 unspecified atom stereocenters. The normalized spacial score (nSPS) is 9.42. The number of rotatable bonds is 4. The van der Waals surface area contributed by atoms with Crippen molar-refractivity contribution in [1.82, 2.24) is 9.55 Å². The van der Waals surface area contributed by atoms with Gasteiger partial charge in [-0.2, -0.15) is 0 Å². The van der Waals surface area contributed by atoms with Crippen LogP contribution in [0.4, 0.5) is 5.69 Å². The fourth-order valence-electron chi connectivity index (χ4n) is 1.59. The quantitative estimate of drug-likeness (QED) is 0.915. The number of hydrogen-bond acceptors (Lipinski definition) is 2. The molecule has 1 aromatic carbocycles. The Balaban J connectivity index is 0.000000861. The highest BCUT2D eigenvalue weighted by Crippen LogP contribution is 2.12. The van der Waals surface area contributed by atoms with Gasteiger partial charge in [0.2, 0.25) is 5.91 Å². The highest BCUT2D eigenvalue weighted by atomic mass is 16.1. The van der Waals surface area contributed by atoms with Gasteiger partial charge in [-0.1, -0.05) is 32.9 Å². The molecule has 0 spiro atoms. The smallest absolute Gasteiger partial charge is 0.224 e. The number of hydrogen-bond donors (Lipinski definition) is 1. The largest absolute Gasteiger partial charge is 0.333 e. The molecule has 1 amide bonds. The van der Waals surface area contributed by atoms with Crippen molar-refractivity contribution in [3.05, 3.63) is 48.5 Å². The average Bonchev–Trinajstić information content (AvgIpc) is 2.94. The fourth-order valence-corrected chi connectivity index (χ4v) is 1.59. The summed E-state index contributed by atoms with van der Waals surface area (Å²) in [7, 11) is 0. The molecule has 4 heteroatoms. The Morgan fingerprint density at radius 2 is 2.16 bits per heavy atom. The van der Waals surface area contributed by atoms with Gasteiger partial charge in [0.1, 0.15) is 0 Å². The summed E-state index contributed by atoms with van der Waals surface area (Å²) < 4.78 is 1.99. The molecular weight excluding hydrogens is 238 g/mol. The monoisotopic (exact) mass is 259 g/mol. The number of benzene rings is 1. The molecule has 0 aliphatic rings. The van der Waals surface area contributed by atoms with E-state index in [9.17, 15) is 4.79 Å². The van der Waals surface area contributed by atoms with Crippen LogP contribution >= 0.6 is 0 Å². The Morgan fingerprint density at radius 3 is 2.79 bits per heavy atom. The number of carbonyl (C=O) groups is 1. The molecule has 102 valence electrons. The Morgan fingerprint density at radius 1 is 1.37 bits per heavy atom. The zero-order valence-corrected chi connectivity index (χ0v) is 11.8. The highest BCUT2D eigenvalue weighted by molar-refractivity contribution is 5.90. The van der Waals surface area contributed by atoms with E-state index in [-0.39, 0.29) is 5.91 Å². The minimum absolute atomic E-state index is 0.0322. The molecule has 0 atom stereocenters. The van der Waals surface area contributed by atoms with E-state index < -0.39 is 0 Å². The summed E-state index contributed by atoms with van der Waals surface area (Å²) in [6, 6.07) is 7.84. The van der Waals surface area contributed by atoms with E-state index in [0.29, 0.717) is 6.42 Å². The molecule has 2 aromatic rings. The third-order valence-electron chi connectivity index (χ3n) is 2.46. The standard InChI is InChI=1S/C13H15N3O.C2H6/c1-2-13(17)15-12-5-3-4-11(8-12)9-16-7-6-14-10-16;1-2/h3-8,10H,2,9H2,1H3,(H,15,17);1-2H3. The third-order valence-corrected chi connectivity index (χ3v) is 2.46. The van der Waals surface area contributed by atoms with Crippen LogP contribution in [0, 0.1) is 0 Å². The number of amides is 1. The lowest BCUT2D eigenvalue weighted by Crippen LogP contribution is -2.09. The summed E-state index contributed by atoms with van der Waals surface area (Å²) in [5.74, 6) is 0.0322. The van der Waals surface area contributed by atoms with Crippen LogP contribution in [0.5, 0.6) is 0 Å². The number of carbonyl (C=O) groups excluding carboxylic acids is 1. The second kappa shape index (κ2) is 8.08. The minimum Gasteiger partial charge on any atom is -0.333 e. The lowest BCUT2D eigenvalue weighted by Gasteiger charge is -2.07. The van der Waals surface area contributed by atoms with Crippen molar-refractivity contribution in [2.75, 3.05) is 5.32 Å². The number of nitrogens with one attached hydrogen (secondary N) is 1. The van der Waals surface area contributed by atoms with Crippen molar-refractivity contribution < 1.29 is 4.79 Å². The molecule has 0 bridgehead atoms. The Labute approximate surface area is 114 Å². The van der Waals surface area contributed by atoms with Crippen molar-refractivity contribution in [2.24, 2.45) is 0 Å². The maximum atomic E-state index is 11.3. The van der Waals surface area contributed by atoms with E-state index >= 15 is 0 Å². The van der Waals surface area contributed by atoms with Crippen LogP contribution in [-0.2, 0) is 11.3 Å². The van der Waals surface area contributed by atoms with Crippen molar-refractivity contribution in [1.29, 1.82) is 0 Å². The van der Waals surface area contributed by atoms with Crippen LogP contribution in [-0.4, -0.2) is 15.5 Å². The topological polar surface area (TPSA) is 46.9 Å². The van der Waals surface area contributed by atoms with Crippen LogP contribution in [0.25, 0.3) is 0 Å². The predicted octanol–water partition coefficient (Wildman–Crippen LogP) is 3.31. The summed E-state index contributed by atoms with van der Waals surface area (Å²) in [6.45, 7) is 6.60. The van der Waals surface area contributed by atoms with Crippen LogP contribution in [0.15, 0.2) is 43.0 Å². The van der Waals surface area contributed by atoms with Gasteiger partial charge >= 0.3 is 0 Å². The van der Waals surface area contributed by atoms with Gasteiger partial charge in [0.25, 0.3) is 0 Å². The maximum absolute atomic E-state index is 11.3. The van der Waals surface area contributed by atoms with E-state index in [0.717, 1.165) is 17.8 Å². The molecule has 0 fully saturated rings. The first-order chi connectivity index (χ1) is 9.28. The number of imidazole rings is 1. The Bertz CT molecular complexity index is 492. The van der Waals surface area contributed by atoms with Gasteiger partial charge in [0.05, 0.1) is 6.33 Å². The molecular formula is C15H21N3O. The van der Waals surface area contributed by atoms with Crippen LogP contribution in [0.3, 0.4) is 0 Å². The van der Waals surface area contributed by atoms with Crippen molar-refractivity contribution >= 4 is 11.6 Å². The fraction of sp³-hybridized carbons (Fsp3) is 0.333. The lowest BCUT2D eigenvalue weighted by atomic mass is 10.2. The number of nitrogens with zero attached hydrogens (tertiary/aromatic N) is 2. The molecule has 1 N–H and O–H groups in total. The van der Waals surface area contributed by atoms with Gasteiger partial charge in [0.15, 0.2) is 0 Å². The van der Waals surface area contributed by atoms with Gasteiger partial charge in [0, 0.05) is 31.0 Å². The lowest BCUT2D eigenvalue weighted by molar-refractivity contribution is -0.115. The molecule has 0 radical (unpaired) electrons. The van der Waals surface area contributed by atoms with Crippen molar-refractivity contribution in [3.63, 3.8) is 0 Å². The average molecular weight is 259 g/mol. The Hall–Kier alpha value is -2.10. The molecule has 1 heterocycles. The molecule has 0 aliphatic carbocycles. The van der Waals surface area contributed by atoms with Gasteiger partial charge in [-0.15, -0.1) is 0 Å². The second-order valence-corrected chi connectivity index (χ2v) is 3.84. The molecule has 19 heavy (non-hydrogen) atoms. The number of aromatic nitrogens is 2. The third kappa shape index (κ3) is 4.95. The number of anilines is 1. The predicted molar refractivity (Wildman–Crippen MR) is 78.0 cm³/mol. The van der Waals surface area contributed by atoms with Gasteiger partial charge < -0.3 is 9.88 Å². The zero-order chi connectivity index (χ0) is 14.1. The summed E-state index contributed by atoms with van der Waals surface area (Å²) in [5, 5.41) is 2.85. The van der Waals surface area contributed by atoms with Crippen molar-refractivity contribution in [3.8, 4) is 0 Å². The molecule has 0 saturated carbocycles. The first-order valence-electron chi connectivity index (χ1n) is 6.62. The van der Waals surface area contributed by atoms with E-state index in [1.807, 2.05) is 55.8 Å². The zero-order valence-electron chi connectivity index (χ0n) is 11.8. The van der Waals surface area contributed by atoms with Gasteiger partial charge in [-0.05, 0) is 17.7 Å². The van der Waals surface area contributed by atoms with E-state index in [1.165, 1.54) is 0 Å². The maximum Gasteiger partial charge on any atom is 0.224 e. The van der Waals surface area contributed by atoms with E-state index in [1.54, 1.807) is 12.5 Å². The first-order valence-corrected chi connectivity index (χ1v) is 6.62.